The Labute approximate surface area is 142 Å². The Hall–Kier alpha value is -3.24. The van der Waals surface area contributed by atoms with Crippen LogP contribution in [0.1, 0.15) is 28.7 Å². The van der Waals surface area contributed by atoms with Crippen molar-refractivity contribution in [1.29, 1.82) is 5.26 Å². The largest absolute Gasteiger partial charge is 0.445 e. The monoisotopic (exact) mass is 318 g/mol. The Morgan fingerprint density at radius 2 is 1.96 bits per heavy atom. The molecule has 0 atom stereocenters. The van der Waals surface area contributed by atoms with Crippen molar-refractivity contribution < 1.29 is 9.53 Å². The lowest BCUT2D eigenvalue weighted by Crippen LogP contribution is -2.24. The van der Waals surface area contributed by atoms with Crippen molar-refractivity contribution in [2.75, 3.05) is 6.54 Å². The van der Waals surface area contributed by atoms with Gasteiger partial charge >= 0.3 is 6.09 Å². The topological polar surface area (TPSA) is 62.1 Å². The van der Waals surface area contributed by atoms with E-state index in [-0.39, 0.29) is 6.61 Å². The molecular formula is C20H18N2O2. The molecular weight excluding hydrogens is 300 g/mol. The molecule has 0 aliphatic heterocycles. The third-order valence-corrected chi connectivity index (χ3v) is 3.25. The first-order valence-electron chi connectivity index (χ1n) is 7.63. The van der Waals surface area contributed by atoms with E-state index in [0.717, 1.165) is 11.1 Å². The summed E-state index contributed by atoms with van der Waals surface area (Å²) in [6.45, 7) is 2.60. The maximum Gasteiger partial charge on any atom is 0.407 e. The van der Waals surface area contributed by atoms with Gasteiger partial charge in [-0.3, -0.25) is 0 Å². The fourth-order valence-electron chi connectivity index (χ4n) is 2.02. The predicted octanol–water partition coefficient (Wildman–Crippen LogP) is 3.53. The Morgan fingerprint density at radius 3 is 2.71 bits per heavy atom. The zero-order valence-electron chi connectivity index (χ0n) is 13.5. The first kappa shape index (κ1) is 17.1. The fraction of sp³-hybridized carbons (Fsp3) is 0.200. The summed E-state index contributed by atoms with van der Waals surface area (Å²) in [5.41, 5.74) is 3.27. The Balaban J connectivity index is 1.75. The van der Waals surface area contributed by atoms with Crippen molar-refractivity contribution >= 4 is 6.09 Å². The highest BCUT2D eigenvalue weighted by molar-refractivity contribution is 5.67. The summed E-state index contributed by atoms with van der Waals surface area (Å²) in [7, 11) is 0. The lowest BCUT2D eigenvalue weighted by Gasteiger charge is -2.05. The maximum absolute atomic E-state index is 11.6. The van der Waals surface area contributed by atoms with Crippen LogP contribution in [-0.4, -0.2) is 12.6 Å². The molecule has 0 aliphatic rings. The zero-order valence-corrected chi connectivity index (χ0v) is 13.5. The van der Waals surface area contributed by atoms with Crippen LogP contribution >= 0.6 is 0 Å². The third kappa shape index (κ3) is 5.51. The van der Waals surface area contributed by atoms with Crippen LogP contribution in [0.4, 0.5) is 4.79 Å². The molecule has 2 rings (SSSR count). The van der Waals surface area contributed by atoms with Crippen LogP contribution < -0.4 is 5.32 Å². The first-order chi connectivity index (χ1) is 11.7. The van der Waals surface area contributed by atoms with E-state index < -0.39 is 6.09 Å². The molecule has 0 unspecified atom stereocenters. The number of ether oxygens (including phenoxy) is 1. The van der Waals surface area contributed by atoms with Gasteiger partial charge in [-0.25, -0.2) is 4.79 Å². The minimum absolute atomic E-state index is 0.243. The lowest BCUT2D eigenvalue weighted by molar-refractivity contribution is 0.140. The second-order valence-corrected chi connectivity index (χ2v) is 5.20. The summed E-state index contributed by atoms with van der Waals surface area (Å²) < 4.78 is 5.10. The van der Waals surface area contributed by atoms with E-state index in [4.69, 9.17) is 10.00 Å². The molecule has 0 saturated heterocycles. The van der Waals surface area contributed by atoms with Crippen LogP contribution in [-0.2, 0) is 11.3 Å². The van der Waals surface area contributed by atoms with Crippen LogP contribution in [0.5, 0.6) is 0 Å². The van der Waals surface area contributed by atoms with Gasteiger partial charge in [-0.2, -0.15) is 5.26 Å². The van der Waals surface area contributed by atoms with Crippen molar-refractivity contribution in [3.63, 3.8) is 0 Å². The molecule has 0 fully saturated rings. The number of hydrogen-bond acceptors (Lipinski definition) is 3. The first-order valence-corrected chi connectivity index (χ1v) is 7.63. The molecule has 0 spiro atoms. The van der Waals surface area contributed by atoms with Crippen molar-refractivity contribution in [3.8, 4) is 17.9 Å². The zero-order chi connectivity index (χ0) is 17.2. The van der Waals surface area contributed by atoms with E-state index in [2.05, 4.69) is 23.2 Å². The average molecular weight is 318 g/mol. The van der Waals surface area contributed by atoms with E-state index in [1.165, 1.54) is 0 Å². The number of aryl methyl sites for hydroxylation is 1. The van der Waals surface area contributed by atoms with E-state index in [1.54, 1.807) is 6.07 Å². The number of nitriles is 1. The smallest absolute Gasteiger partial charge is 0.407 e. The van der Waals surface area contributed by atoms with Crippen molar-refractivity contribution in [2.24, 2.45) is 0 Å². The molecule has 0 bridgehead atoms. The van der Waals surface area contributed by atoms with Crippen molar-refractivity contribution in [1.82, 2.24) is 5.32 Å². The number of nitrogens with zero attached hydrogens (tertiary/aromatic N) is 1. The average Bonchev–Trinajstić information content (AvgIpc) is 2.61. The van der Waals surface area contributed by atoms with Gasteiger partial charge in [-0.15, -0.1) is 0 Å². The fourth-order valence-corrected chi connectivity index (χ4v) is 2.02. The molecule has 4 nitrogen and oxygen atoms in total. The van der Waals surface area contributed by atoms with Crippen LogP contribution in [0.15, 0.2) is 48.5 Å². The molecule has 120 valence electrons. The summed E-state index contributed by atoms with van der Waals surface area (Å²) in [6.07, 6.45) is 0.0214. The van der Waals surface area contributed by atoms with Crippen LogP contribution in [0.2, 0.25) is 0 Å². The standard InChI is InChI=1S/C20H18N2O2/c1-16-10-11-19(14-21)18(13-16)9-5-6-12-22-20(23)24-15-17-7-3-2-4-8-17/h2-4,7-8,10-11,13H,6,12,15H2,1H3,(H,22,23). The summed E-state index contributed by atoms with van der Waals surface area (Å²) in [6, 6.07) is 17.1. The normalized spacial score (nSPS) is 9.33. The minimum Gasteiger partial charge on any atom is -0.445 e. The molecule has 4 heteroatoms. The molecule has 0 aromatic heterocycles. The lowest BCUT2D eigenvalue weighted by atomic mass is 10.1. The van der Waals surface area contributed by atoms with E-state index in [9.17, 15) is 4.79 Å². The highest BCUT2D eigenvalue weighted by Crippen LogP contribution is 2.09. The third-order valence-electron chi connectivity index (χ3n) is 3.25. The van der Waals surface area contributed by atoms with Crippen LogP contribution in [0.25, 0.3) is 0 Å². The molecule has 0 saturated carbocycles. The predicted molar refractivity (Wildman–Crippen MR) is 92.0 cm³/mol. The van der Waals surface area contributed by atoms with Gasteiger partial charge in [0.1, 0.15) is 12.7 Å². The minimum atomic E-state index is -0.464. The number of carbonyl (C=O) groups is 1. The van der Waals surface area contributed by atoms with Crippen molar-refractivity contribution in [3.05, 3.63) is 70.8 Å². The highest BCUT2D eigenvalue weighted by atomic mass is 16.5. The van der Waals surface area contributed by atoms with Gasteiger partial charge in [0.05, 0.1) is 5.56 Å². The number of amides is 1. The molecule has 1 amide bonds. The highest BCUT2D eigenvalue weighted by Gasteiger charge is 2.01. The van der Waals surface area contributed by atoms with E-state index in [1.807, 2.05) is 49.4 Å². The molecule has 1 N–H and O–H groups in total. The maximum atomic E-state index is 11.6. The van der Waals surface area contributed by atoms with Crippen molar-refractivity contribution in [2.45, 2.75) is 20.0 Å². The van der Waals surface area contributed by atoms with E-state index >= 15 is 0 Å². The second-order valence-electron chi connectivity index (χ2n) is 5.20. The Bertz CT molecular complexity index is 796. The van der Waals surface area contributed by atoms with Gasteiger partial charge in [-0.1, -0.05) is 48.2 Å². The second kappa shape index (κ2) is 9.02. The Morgan fingerprint density at radius 1 is 1.17 bits per heavy atom. The number of nitrogens with one attached hydrogen (secondary N) is 1. The summed E-state index contributed by atoms with van der Waals surface area (Å²) in [4.78, 5) is 11.6. The molecule has 24 heavy (non-hydrogen) atoms. The Kier molecular flexibility index (Phi) is 6.44. The van der Waals surface area contributed by atoms with E-state index in [0.29, 0.717) is 24.1 Å². The number of rotatable bonds is 4. The summed E-state index contributed by atoms with van der Waals surface area (Å²) in [5, 5.41) is 11.7. The van der Waals surface area contributed by atoms with Gasteiger partial charge in [-0.05, 0) is 30.2 Å². The molecule has 0 heterocycles. The van der Waals surface area contributed by atoms with Gasteiger partial charge in [0.2, 0.25) is 0 Å². The molecule has 2 aromatic carbocycles. The molecule has 0 aliphatic carbocycles. The summed E-state index contributed by atoms with van der Waals surface area (Å²) in [5.74, 6) is 5.93. The van der Waals surface area contributed by atoms with Gasteiger partial charge in [0, 0.05) is 18.5 Å². The van der Waals surface area contributed by atoms with Crippen LogP contribution in [0.3, 0.4) is 0 Å². The van der Waals surface area contributed by atoms with Crippen LogP contribution in [0, 0.1) is 30.1 Å². The number of hydrogen-bond donors (Lipinski definition) is 1. The number of alkyl carbamates (subject to hydrolysis) is 1. The SMILES string of the molecule is Cc1ccc(C#N)c(C#CCCNC(=O)OCc2ccccc2)c1. The van der Waals surface area contributed by atoms with Gasteiger partial charge in [0.25, 0.3) is 0 Å². The number of carbonyl (C=O) groups excluding carboxylic acids is 1. The molecule has 2 aromatic rings. The van der Waals surface area contributed by atoms with Gasteiger partial charge in [0.15, 0.2) is 0 Å². The molecule has 0 radical (unpaired) electrons. The van der Waals surface area contributed by atoms with Gasteiger partial charge < -0.3 is 10.1 Å². The number of benzene rings is 2. The summed E-state index contributed by atoms with van der Waals surface area (Å²) >= 11 is 0. The quantitative estimate of drug-likeness (QED) is 0.693.